The number of carbonyl (C=O) groups is 1. The molecule has 3 heteroatoms. The molecule has 1 N–H and O–H groups in total. The van der Waals surface area contributed by atoms with Crippen LogP contribution in [0, 0.1) is 5.41 Å². The third-order valence-corrected chi connectivity index (χ3v) is 1.36. The maximum absolute atomic E-state index is 10.7. The van der Waals surface area contributed by atoms with Crippen molar-refractivity contribution in [3.63, 3.8) is 0 Å². The first-order valence-corrected chi connectivity index (χ1v) is 3.92. The smallest absolute Gasteiger partial charge is 0.306 e. The summed E-state index contributed by atoms with van der Waals surface area (Å²) in [6.45, 7) is 4.12. The summed E-state index contributed by atoms with van der Waals surface area (Å²) in [5.74, 6) is -0.203. The zero-order valence-corrected chi connectivity index (χ0v) is 7.14. The molecule has 0 aromatic rings. The lowest BCUT2D eigenvalue weighted by atomic mass is 10.2. The SMILES string of the molecule is CCOC(=O)CCC(=N)CC. The topological polar surface area (TPSA) is 50.2 Å². The third-order valence-electron chi connectivity index (χ3n) is 1.36. The molecule has 3 nitrogen and oxygen atoms in total. The predicted molar refractivity (Wildman–Crippen MR) is 43.9 cm³/mol. The van der Waals surface area contributed by atoms with Crippen LogP contribution in [0.3, 0.4) is 0 Å². The number of hydrogen-bond donors (Lipinski definition) is 1. The summed E-state index contributed by atoms with van der Waals surface area (Å²) < 4.78 is 4.70. The second-order valence-electron chi connectivity index (χ2n) is 2.26. The Hall–Kier alpha value is -0.860. The Morgan fingerprint density at radius 2 is 2.00 bits per heavy atom. The van der Waals surface area contributed by atoms with E-state index >= 15 is 0 Å². The Balaban J connectivity index is 3.38. The average molecular weight is 157 g/mol. The number of ether oxygens (including phenoxy) is 1. The molecular formula is C8H15NO2. The molecular weight excluding hydrogens is 142 g/mol. The Bertz CT molecular complexity index is 143. The minimum Gasteiger partial charge on any atom is -0.466 e. The van der Waals surface area contributed by atoms with Crippen molar-refractivity contribution in [2.24, 2.45) is 0 Å². The predicted octanol–water partition coefficient (Wildman–Crippen LogP) is 1.76. The monoisotopic (exact) mass is 157 g/mol. The molecule has 0 aliphatic rings. The molecule has 0 radical (unpaired) electrons. The number of rotatable bonds is 5. The van der Waals surface area contributed by atoms with Crippen LogP contribution in [-0.4, -0.2) is 18.3 Å². The molecule has 0 heterocycles. The van der Waals surface area contributed by atoms with Crippen LogP contribution in [-0.2, 0) is 9.53 Å². The van der Waals surface area contributed by atoms with Gasteiger partial charge in [-0.15, -0.1) is 0 Å². The van der Waals surface area contributed by atoms with Gasteiger partial charge in [-0.25, -0.2) is 0 Å². The second kappa shape index (κ2) is 5.89. The lowest BCUT2D eigenvalue weighted by Gasteiger charge is -2.00. The van der Waals surface area contributed by atoms with Gasteiger partial charge in [0.25, 0.3) is 0 Å². The van der Waals surface area contributed by atoms with Crippen molar-refractivity contribution in [1.29, 1.82) is 5.41 Å². The van der Waals surface area contributed by atoms with Crippen LogP contribution >= 0.6 is 0 Å². The van der Waals surface area contributed by atoms with Gasteiger partial charge < -0.3 is 10.1 Å². The molecule has 0 bridgehead atoms. The van der Waals surface area contributed by atoms with Gasteiger partial charge in [0.15, 0.2) is 0 Å². The third kappa shape index (κ3) is 5.58. The summed E-state index contributed by atoms with van der Waals surface area (Å²) in [5, 5.41) is 7.26. The Labute approximate surface area is 67.3 Å². The first-order chi connectivity index (χ1) is 5.20. The van der Waals surface area contributed by atoms with Gasteiger partial charge in [-0.2, -0.15) is 0 Å². The van der Waals surface area contributed by atoms with Crippen LogP contribution < -0.4 is 0 Å². The van der Waals surface area contributed by atoms with Crippen LogP contribution in [0.15, 0.2) is 0 Å². The van der Waals surface area contributed by atoms with Gasteiger partial charge >= 0.3 is 5.97 Å². The van der Waals surface area contributed by atoms with Gasteiger partial charge in [-0.05, 0) is 19.8 Å². The van der Waals surface area contributed by atoms with Crippen molar-refractivity contribution in [3.8, 4) is 0 Å². The van der Waals surface area contributed by atoms with E-state index < -0.39 is 0 Å². The molecule has 0 aliphatic carbocycles. The fourth-order valence-corrected chi connectivity index (χ4v) is 0.663. The molecule has 0 atom stereocenters. The fourth-order valence-electron chi connectivity index (χ4n) is 0.663. The largest absolute Gasteiger partial charge is 0.466 e. The lowest BCUT2D eigenvalue weighted by molar-refractivity contribution is -0.142. The Kier molecular flexibility index (Phi) is 5.43. The van der Waals surface area contributed by atoms with Gasteiger partial charge in [-0.1, -0.05) is 6.92 Å². The highest BCUT2D eigenvalue weighted by Crippen LogP contribution is 1.96. The van der Waals surface area contributed by atoms with Crippen LogP contribution in [0.4, 0.5) is 0 Å². The quantitative estimate of drug-likeness (QED) is 0.488. The highest BCUT2D eigenvalue weighted by molar-refractivity contribution is 5.84. The van der Waals surface area contributed by atoms with Gasteiger partial charge in [0.2, 0.25) is 0 Å². The second-order valence-corrected chi connectivity index (χ2v) is 2.26. The molecule has 64 valence electrons. The molecule has 0 saturated heterocycles. The van der Waals surface area contributed by atoms with E-state index in [1.54, 1.807) is 6.92 Å². The molecule has 0 unspecified atom stereocenters. The van der Waals surface area contributed by atoms with Crippen LogP contribution in [0.1, 0.15) is 33.1 Å². The van der Waals surface area contributed by atoms with E-state index in [0.29, 0.717) is 25.2 Å². The molecule has 0 fully saturated rings. The van der Waals surface area contributed by atoms with Crippen LogP contribution in [0.25, 0.3) is 0 Å². The van der Waals surface area contributed by atoms with E-state index in [1.807, 2.05) is 6.92 Å². The maximum atomic E-state index is 10.7. The fraction of sp³-hybridized carbons (Fsp3) is 0.750. The molecule has 0 aromatic carbocycles. The van der Waals surface area contributed by atoms with E-state index in [2.05, 4.69) is 0 Å². The van der Waals surface area contributed by atoms with Crippen molar-refractivity contribution < 1.29 is 9.53 Å². The number of nitrogens with one attached hydrogen (secondary N) is 1. The van der Waals surface area contributed by atoms with E-state index in [4.69, 9.17) is 10.1 Å². The number of hydrogen-bond acceptors (Lipinski definition) is 3. The molecule has 0 spiro atoms. The summed E-state index contributed by atoms with van der Waals surface area (Å²) in [6, 6.07) is 0. The lowest BCUT2D eigenvalue weighted by Crippen LogP contribution is -2.06. The van der Waals surface area contributed by atoms with E-state index in [9.17, 15) is 4.79 Å². The number of carbonyl (C=O) groups excluding carboxylic acids is 1. The summed E-state index contributed by atoms with van der Waals surface area (Å²) >= 11 is 0. The normalized spacial score (nSPS) is 9.27. The summed E-state index contributed by atoms with van der Waals surface area (Å²) in [6.07, 6.45) is 1.61. The van der Waals surface area contributed by atoms with Crippen molar-refractivity contribution >= 4 is 11.7 Å². The first kappa shape index (κ1) is 10.1. The number of esters is 1. The van der Waals surface area contributed by atoms with Crippen molar-refractivity contribution in [1.82, 2.24) is 0 Å². The minimum atomic E-state index is -0.203. The van der Waals surface area contributed by atoms with Crippen LogP contribution in [0.5, 0.6) is 0 Å². The Morgan fingerprint density at radius 3 is 2.45 bits per heavy atom. The summed E-state index contributed by atoms with van der Waals surface area (Å²) in [7, 11) is 0. The van der Waals surface area contributed by atoms with E-state index in [0.717, 1.165) is 6.42 Å². The highest BCUT2D eigenvalue weighted by atomic mass is 16.5. The first-order valence-electron chi connectivity index (χ1n) is 3.92. The zero-order chi connectivity index (χ0) is 8.69. The minimum absolute atomic E-state index is 0.203. The Morgan fingerprint density at radius 1 is 1.36 bits per heavy atom. The van der Waals surface area contributed by atoms with Gasteiger partial charge in [0, 0.05) is 5.71 Å². The van der Waals surface area contributed by atoms with Gasteiger partial charge in [0.05, 0.1) is 13.0 Å². The van der Waals surface area contributed by atoms with Crippen molar-refractivity contribution in [3.05, 3.63) is 0 Å². The molecule has 0 aliphatic heterocycles. The van der Waals surface area contributed by atoms with Crippen molar-refractivity contribution in [2.45, 2.75) is 33.1 Å². The zero-order valence-electron chi connectivity index (χ0n) is 7.14. The van der Waals surface area contributed by atoms with Crippen molar-refractivity contribution in [2.75, 3.05) is 6.61 Å². The summed E-state index contributed by atoms with van der Waals surface area (Å²) in [4.78, 5) is 10.7. The maximum Gasteiger partial charge on any atom is 0.306 e. The molecule has 0 aromatic heterocycles. The standard InChI is InChI=1S/C8H15NO2/c1-3-7(9)5-6-8(10)11-4-2/h9H,3-6H2,1-2H3. The van der Waals surface area contributed by atoms with Gasteiger partial charge in [0.1, 0.15) is 0 Å². The van der Waals surface area contributed by atoms with Gasteiger partial charge in [-0.3, -0.25) is 4.79 Å². The van der Waals surface area contributed by atoms with Crippen LogP contribution in [0.2, 0.25) is 0 Å². The average Bonchev–Trinajstić information content (AvgIpc) is 2.01. The highest BCUT2D eigenvalue weighted by Gasteiger charge is 2.02. The van der Waals surface area contributed by atoms with E-state index in [1.165, 1.54) is 0 Å². The molecule has 0 amide bonds. The molecule has 11 heavy (non-hydrogen) atoms. The van der Waals surface area contributed by atoms with E-state index in [-0.39, 0.29) is 5.97 Å². The molecule has 0 rings (SSSR count). The summed E-state index contributed by atoms with van der Waals surface area (Å²) in [5.41, 5.74) is 0.609. The molecule has 0 saturated carbocycles.